The molecule has 0 atom stereocenters. The Kier molecular flexibility index (Phi) is 5.90. The minimum absolute atomic E-state index is 0.0944. The van der Waals surface area contributed by atoms with Crippen molar-refractivity contribution in [3.8, 4) is 0 Å². The maximum absolute atomic E-state index is 5.84. The van der Waals surface area contributed by atoms with E-state index in [4.69, 9.17) is 4.74 Å². The average Bonchev–Trinajstić information content (AvgIpc) is 2.19. The first-order valence-corrected chi connectivity index (χ1v) is 7.00. The van der Waals surface area contributed by atoms with Crippen molar-refractivity contribution >= 4 is 0 Å². The van der Waals surface area contributed by atoms with E-state index in [1.54, 1.807) is 0 Å². The molecular weight excluding hydrogens is 212 g/mol. The van der Waals surface area contributed by atoms with Gasteiger partial charge in [-0.3, -0.25) is 0 Å². The first-order valence-electron chi connectivity index (χ1n) is 7.00. The fraction of sp³-hybridized carbons (Fsp3) is 1.00. The predicted octanol–water partition coefficient (Wildman–Crippen LogP) is 1.88. The zero-order chi connectivity index (χ0) is 12.9. The lowest BCUT2D eigenvalue weighted by molar-refractivity contribution is -0.0650. The van der Waals surface area contributed by atoms with Gasteiger partial charge in [0.15, 0.2) is 0 Å². The van der Waals surface area contributed by atoms with E-state index in [0.717, 1.165) is 50.5 Å². The number of nitrogens with one attached hydrogen (secondary N) is 2. The zero-order valence-electron chi connectivity index (χ0n) is 12.2. The summed E-state index contributed by atoms with van der Waals surface area (Å²) in [6.07, 6.45) is 0. The number of hydrogen-bond donors (Lipinski definition) is 2. The van der Waals surface area contributed by atoms with Gasteiger partial charge in [-0.25, -0.2) is 0 Å². The van der Waals surface area contributed by atoms with Crippen molar-refractivity contribution in [2.75, 3.05) is 32.8 Å². The standard InChI is InChI=1S/C14H30N2O/c1-11(2)13(12(3)4)8-15-6-7-17-14(5)9-16-10-14/h11-13,15-16H,6-10H2,1-5H3. The molecule has 0 radical (unpaired) electrons. The Hall–Kier alpha value is -0.120. The van der Waals surface area contributed by atoms with Crippen molar-refractivity contribution in [2.24, 2.45) is 17.8 Å². The Labute approximate surface area is 107 Å². The van der Waals surface area contributed by atoms with Crippen LogP contribution in [-0.2, 0) is 4.74 Å². The molecule has 0 aromatic heterocycles. The van der Waals surface area contributed by atoms with E-state index in [-0.39, 0.29) is 5.60 Å². The molecule has 0 aromatic carbocycles. The van der Waals surface area contributed by atoms with Crippen LogP contribution in [0, 0.1) is 17.8 Å². The second-order valence-corrected chi connectivity index (χ2v) is 6.26. The summed E-state index contributed by atoms with van der Waals surface area (Å²) in [5.74, 6) is 2.25. The van der Waals surface area contributed by atoms with E-state index in [9.17, 15) is 0 Å². The van der Waals surface area contributed by atoms with Crippen LogP contribution in [0.3, 0.4) is 0 Å². The second kappa shape index (κ2) is 6.72. The third-order valence-corrected chi connectivity index (χ3v) is 3.82. The normalized spacial score (nSPS) is 19.1. The van der Waals surface area contributed by atoms with Gasteiger partial charge in [0.25, 0.3) is 0 Å². The molecule has 0 bridgehead atoms. The van der Waals surface area contributed by atoms with Crippen molar-refractivity contribution in [3.05, 3.63) is 0 Å². The highest BCUT2D eigenvalue weighted by Crippen LogP contribution is 2.19. The molecule has 3 heteroatoms. The number of rotatable bonds is 8. The smallest absolute Gasteiger partial charge is 0.0902 e. The summed E-state index contributed by atoms with van der Waals surface area (Å²) in [6.45, 7) is 16.3. The molecule has 0 spiro atoms. The van der Waals surface area contributed by atoms with E-state index in [0.29, 0.717) is 0 Å². The lowest BCUT2D eigenvalue weighted by Crippen LogP contribution is -2.59. The highest BCUT2D eigenvalue weighted by atomic mass is 16.5. The Morgan fingerprint density at radius 1 is 1.18 bits per heavy atom. The van der Waals surface area contributed by atoms with E-state index in [1.165, 1.54) is 0 Å². The Morgan fingerprint density at radius 2 is 1.76 bits per heavy atom. The van der Waals surface area contributed by atoms with E-state index < -0.39 is 0 Å². The fourth-order valence-electron chi connectivity index (χ4n) is 2.46. The molecule has 102 valence electrons. The maximum atomic E-state index is 5.84. The molecule has 17 heavy (non-hydrogen) atoms. The van der Waals surface area contributed by atoms with Gasteiger partial charge in [-0.1, -0.05) is 27.7 Å². The topological polar surface area (TPSA) is 33.3 Å². The monoisotopic (exact) mass is 242 g/mol. The summed E-state index contributed by atoms with van der Waals surface area (Å²) < 4.78 is 5.84. The third-order valence-electron chi connectivity index (χ3n) is 3.82. The van der Waals surface area contributed by atoms with E-state index in [1.807, 2.05) is 0 Å². The quantitative estimate of drug-likeness (QED) is 0.638. The van der Waals surface area contributed by atoms with Crippen LogP contribution in [0.15, 0.2) is 0 Å². The van der Waals surface area contributed by atoms with Crippen LogP contribution in [0.2, 0.25) is 0 Å². The van der Waals surface area contributed by atoms with Crippen LogP contribution in [0.1, 0.15) is 34.6 Å². The van der Waals surface area contributed by atoms with Crippen molar-refractivity contribution in [3.63, 3.8) is 0 Å². The summed E-state index contributed by atoms with van der Waals surface area (Å²) in [4.78, 5) is 0. The summed E-state index contributed by atoms with van der Waals surface area (Å²) in [5.41, 5.74) is 0.0944. The van der Waals surface area contributed by atoms with Crippen LogP contribution in [0.4, 0.5) is 0 Å². The van der Waals surface area contributed by atoms with Crippen molar-refractivity contribution in [1.29, 1.82) is 0 Å². The highest BCUT2D eigenvalue weighted by Gasteiger charge is 2.32. The summed E-state index contributed by atoms with van der Waals surface area (Å²) in [6, 6.07) is 0. The molecule has 1 saturated heterocycles. The lowest BCUT2D eigenvalue weighted by atomic mass is 9.85. The average molecular weight is 242 g/mol. The minimum Gasteiger partial charge on any atom is -0.371 e. The Bertz CT molecular complexity index is 204. The van der Waals surface area contributed by atoms with Gasteiger partial charge >= 0.3 is 0 Å². The molecule has 0 unspecified atom stereocenters. The van der Waals surface area contributed by atoms with Crippen LogP contribution in [0.5, 0.6) is 0 Å². The molecule has 1 rings (SSSR count). The molecule has 0 saturated carbocycles. The minimum atomic E-state index is 0.0944. The van der Waals surface area contributed by atoms with Gasteiger partial charge in [0.05, 0.1) is 12.2 Å². The molecule has 1 aliphatic heterocycles. The molecule has 1 fully saturated rings. The van der Waals surface area contributed by atoms with Crippen LogP contribution in [-0.4, -0.2) is 38.4 Å². The Morgan fingerprint density at radius 3 is 2.18 bits per heavy atom. The molecule has 2 N–H and O–H groups in total. The van der Waals surface area contributed by atoms with Crippen LogP contribution >= 0.6 is 0 Å². The summed E-state index contributed by atoms with van der Waals surface area (Å²) in [7, 11) is 0. The van der Waals surface area contributed by atoms with Crippen molar-refractivity contribution in [2.45, 2.75) is 40.2 Å². The van der Waals surface area contributed by atoms with E-state index >= 15 is 0 Å². The SMILES string of the molecule is CC(C)C(CNCCOC1(C)CNC1)C(C)C. The maximum Gasteiger partial charge on any atom is 0.0902 e. The molecule has 0 aromatic rings. The molecule has 1 aliphatic rings. The van der Waals surface area contributed by atoms with Crippen molar-refractivity contribution in [1.82, 2.24) is 10.6 Å². The first-order chi connectivity index (χ1) is 7.94. The second-order valence-electron chi connectivity index (χ2n) is 6.26. The summed E-state index contributed by atoms with van der Waals surface area (Å²) >= 11 is 0. The molecule has 0 aliphatic carbocycles. The predicted molar refractivity (Wildman–Crippen MR) is 73.3 cm³/mol. The van der Waals surface area contributed by atoms with Crippen molar-refractivity contribution < 1.29 is 4.74 Å². The van der Waals surface area contributed by atoms with Gasteiger partial charge in [0.2, 0.25) is 0 Å². The van der Waals surface area contributed by atoms with Gasteiger partial charge < -0.3 is 15.4 Å². The molecular formula is C14H30N2O. The largest absolute Gasteiger partial charge is 0.371 e. The van der Waals surface area contributed by atoms with Gasteiger partial charge in [-0.2, -0.15) is 0 Å². The molecule has 0 amide bonds. The third kappa shape index (κ3) is 4.94. The highest BCUT2D eigenvalue weighted by molar-refractivity contribution is 4.90. The zero-order valence-corrected chi connectivity index (χ0v) is 12.2. The lowest BCUT2D eigenvalue weighted by Gasteiger charge is -2.39. The molecule has 1 heterocycles. The van der Waals surface area contributed by atoms with Gasteiger partial charge in [0, 0.05) is 19.6 Å². The van der Waals surface area contributed by atoms with Crippen LogP contribution in [0.25, 0.3) is 0 Å². The van der Waals surface area contributed by atoms with Gasteiger partial charge in [-0.15, -0.1) is 0 Å². The first kappa shape index (κ1) is 14.9. The fourth-order valence-corrected chi connectivity index (χ4v) is 2.46. The van der Waals surface area contributed by atoms with Gasteiger partial charge in [-0.05, 0) is 31.2 Å². The van der Waals surface area contributed by atoms with E-state index in [2.05, 4.69) is 45.3 Å². The van der Waals surface area contributed by atoms with Crippen LogP contribution < -0.4 is 10.6 Å². The Balaban J connectivity index is 2.06. The number of hydrogen-bond acceptors (Lipinski definition) is 3. The molecule has 3 nitrogen and oxygen atoms in total. The van der Waals surface area contributed by atoms with Gasteiger partial charge in [0.1, 0.15) is 0 Å². The number of ether oxygens (including phenoxy) is 1. The summed E-state index contributed by atoms with van der Waals surface area (Å²) in [5, 5.41) is 6.77.